The molecule has 1 amide bonds. The van der Waals surface area contributed by atoms with Crippen LogP contribution in [0.1, 0.15) is 30.9 Å². The van der Waals surface area contributed by atoms with Gasteiger partial charge in [0.25, 0.3) is 5.56 Å². The maximum atomic E-state index is 14.3. The van der Waals surface area contributed by atoms with Gasteiger partial charge in [0.2, 0.25) is 11.9 Å². The Morgan fingerprint density at radius 2 is 1.80 bits per heavy atom. The predicted octanol–water partition coefficient (Wildman–Crippen LogP) is 3.65. The molecule has 2 fully saturated rings. The summed E-state index contributed by atoms with van der Waals surface area (Å²) in [6.07, 6.45) is 5.28. The number of nitrogens with zero attached hydrogens (tertiary/aromatic N) is 5. The number of carbonyl (C=O) groups is 1. The number of benzene rings is 1. The minimum absolute atomic E-state index is 0.0813. The highest BCUT2D eigenvalue weighted by Gasteiger charge is 2.30. The van der Waals surface area contributed by atoms with Gasteiger partial charge in [0.15, 0.2) is 0 Å². The third-order valence-corrected chi connectivity index (χ3v) is 8.99. The Kier molecular flexibility index (Phi) is 9.85. The second-order valence-electron chi connectivity index (χ2n) is 11.6. The van der Waals surface area contributed by atoms with Crippen molar-refractivity contribution in [3.8, 4) is 22.6 Å². The molecular weight excluding hydrogens is 560 g/mol. The lowest BCUT2D eigenvalue weighted by Gasteiger charge is -2.38. The highest BCUT2D eigenvalue weighted by Crippen LogP contribution is 2.38. The molecule has 44 heavy (non-hydrogen) atoms. The Morgan fingerprint density at radius 1 is 1.11 bits per heavy atom. The van der Waals surface area contributed by atoms with Gasteiger partial charge >= 0.3 is 0 Å². The average molecular weight is 605 g/mol. The maximum Gasteiger partial charge on any atom is 0.260 e. The SMILES string of the molecule is C=CC(=O)N1CC(OCCn2c(=O)c(-c3c(C)c(OC)cc(OC)c3C)cc3cnc(NCC4CCN(CC)CC4)nc32)C1. The number of likely N-dealkylation sites (tertiary alicyclic amines) is 2. The normalized spacial score (nSPS) is 16.2. The molecule has 0 saturated carbocycles. The van der Waals surface area contributed by atoms with Crippen LogP contribution in [0.15, 0.2) is 35.8 Å². The van der Waals surface area contributed by atoms with Crippen LogP contribution in [0.5, 0.6) is 11.5 Å². The molecule has 1 aromatic carbocycles. The average Bonchev–Trinajstić information content (AvgIpc) is 3.02. The highest BCUT2D eigenvalue weighted by molar-refractivity contribution is 5.87. The van der Waals surface area contributed by atoms with E-state index < -0.39 is 0 Å². The van der Waals surface area contributed by atoms with Crippen LogP contribution in [0.3, 0.4) is 0 Å². The van der Waals surface area contributed by atoms with Gasteiger partial charge in [-0.1, -0.05) is 13.5 Å². The zero-order valence-electron chi connectivity index (χ0n) is 26.5. The molecule has 2 aliphatic heterocycles. The molecule has 5 rings (SSSR count). The number of methoxy groups -OCH3 is 2. The Labute approximate surface area is 258 Å². The first-order chi connectivity index (χ1) is 21.3. The number of carbonyl (C=O) groups excluding carboxylic acids is 1. The number of ether oxygens (including phenoxy) is 3. The molecular formula is C33H44N6O5. The fourth-order valence-corrected chi connectivity index (χ4v) is 6.23. The minimum Gasteiger partial charge on any atom is -0.496 e. The monoisotopic (exact) mass is 604 g/mol. The molecule has 4 heterocycles. The Balaban J connectivity index is 1.46. The maximum absolute atomic E-state index is 14.3. The third-order valence-electron chi connectivity index (χ3n) is 8.99. The summed E-state index contributed by atoms with van der Waals surface area (Å²) in [5.74, 6) is 2.23. The van der Waals surface area contributed by atoms with Crippen LogP contribution >= 0.6 is 0 Å². The molecule has 0 spiro atoms. The van der Waals surface area contributed by atoms with Crippen molar-refractivity contribution in [3.05, 3.63) is 52.5 Å². The van der Waals surface area contributed by atoms with Gasteiger partial charge in [-0.2, -0.15) is 4.98 Å². The summed E-state index contributed by atoms with van der Waals surface area (Å²) in [5.41, 5.74) is 3.34. The van der Waals surface area contributed by atoms with Crippen LogP contribution in [0, 0.1) is 19.8 Å². The van der Waals surface area contributed by atoms with Gasteiger partial charge in [0, 0.05) is 48.4 Å². The van der Waals surface area contributed by atoms with Crippen molar-refractivity contribution in [2.75, 3.05) is 65.4 Å². The predicted molar refractivity (Wildman–Crippen MR) is 172 cm³/mol. The number of fused-ring (bicyclic) bond motifs is 1. The first-order valence-corrected chi connectivity index (χ1v) is 15.4. The molecule has 1 N–H and O–H groups in total. The van der Waals surface area contributed by atoms with Gasteiger partial charge in [0.05, 0.1) is 33.5 Å². The number of anilines is 1. The molecule has 0 aliphatic carbocycles. The van der Waals surface area contributed by atoms with E-state index in [0.717, 1.165) is 61.1 Å². The molecule has 3 aromatic rings. The summed E-state index contributed by atoms with van der Waals surface area (Å²) >= 11 is 0. The number of piperidine rings is 1. The second kappa shape index (κ2) is 13.8. The first-order valence-electron chi connectivity index (χ1n) is 15.4. The van der Waals surface area contributed by atoms with E-state index in [9.17, 15) is 9.59 Å². The first kappa shape index (κ1) is 31.5. The summed E-state index contributed by atoms with van der Waals surface area (Å²) in [6.45, 7) is 15.3. The van der Waals surface area contributed by atoms with E-state index in [-0.39, 0.29) is 17.6 Å². The summed E-state index contributed by atoms with van der Waals surface area (Å²) in [4.78, 5) is 39.7. The van der Waals surface area contributed by atoms with Crippen LogP contribution in [0.4, 0.5) is 5.95 Å². The highest BCUT2D eigenvalue weighted by atomic mass is 16.5. The summed E-state index contributed by atoms with van der Waals surface area (Å²) < 4.78 is 19.0. The molecule has 236 valence electrons. The van der Waals surface area contributed by atoms with E-state index >= 15 is 0 Å². The number of hydrogen-bond acceptors (Lipinski definition) is 9. The van der Waals surface area contributed by atoms with Gasteiger partial charge < -0.3 is 29.3 Å². The van der Waals surface area contributed by atoms with Crippen molar-refractivity contribution in [1.29, 1.82) is 0 Å². The van der Waals surface area contributed by atoms with Gasteiger partial charge in [-0.25, -0.2) is 4.98 Å². The number of nitrogens with one attached hydrogen (secondary N) is 1. The number of aromatic nitrogens is 3. The zero-order valence-corrected chi connectivity index (χ0v) is 26.5. The molecule has 0 unspecified atom stereocenters. The Bertz CT molecular complexity index is 1550. The van der Waals surface area contributed by atoms with Crippen molar-refractivity contribution < 1.29 is 19.0 Å². The van der Waals surface area contributed by atoms with Crippen LogP contribution in [-0.4, -0.2) is 96.4 Å². The van der Waals surface area contributed by atoms with Crippen LogP contribution in [0.2, 0.25) is 0 Å². The van der Waals surface area contributed by atoms with E-state index in [4.69, 9.17) is 19.2 Å². The zero-order chi connectivity index (χ0) is 31.4. The molecule has 11 nitrogen and oxygen atoms in total. The van der Waals surface area contributed by atoms with Crippen molar-refractivity contribution in [3.63, 3.8) is 0 Å². The molecule has 11 heteroatoms. The van der Waals surface area contributed by atoms with Gasteiger partial charge in [-0.05, 0) is 75.5 Å². The number of hydrogen-bond donors (Lipinski definition) is 1. The number of pyridine rings is 1. The third kappa shape index (κ3) is 6.44. The van der Waals surface area contributed by atoms with Crippen LogP contribution < -0.4 is 20.3 Å². The fourth-order valence-electron chi connectivity index (χ4n) is 6.23. The fraction of sp³-hybridized carbons (Fsp3) is 0.515. The quantitative estimate of drug-likeness (QED) is 0.310. The van der Waals surface area contributed by atoms with E-state index in [1.165, 1.54) is 6.08 Å². The minimum atomic E-state index is -0.184. The van der Waals surface area contributed by atoms with E-state index in [0.29, 0.717) is 60.8 Å². The molecule has 0 radical (unpaired) electrons. The van der Waals surface area contributed by atoms with Gasteiger partial charge in [-0.3, -0.25) is 14.2 Å². The van der Waals surface area contributed by atoms with Crippen molar-refractivity contribution in [2.45, 2.75) is 46.3 Å². The standard InChI is InChI=1S/C33H44N6O5/c1-7-29(40)38-19-25(20-38)44-14-13-39-31-24(18-35-33(36-31)34-17-23-9-11-37(8-2)12-10-23)15-26(32(39)41)30-21(3)27(42-5)16-28(43-6)22(30)4/h7,15-16,18,23,25H,1,8-14,17,19-20H2,2-6H3,(H,34,35,36). The Morgan fingerprint density at radius 3 is 2.41 bits per heavy atom. The summed E-state index contributed by atoms with van der Waals surface area (Å²) in [7, 11) is 3.22. The van der Waals surface area contributed by atoms with E-state index in [2.05, 4.69) is 28.7 Å². The van der Waals surface area contributed by atoms with E-state index in [1.54, 1.807) is 29.9 Å². The molecule has 2 saturated heterocycles. The van der Waals surface area contributed by atoms with Crippen LogP contribution in [-0.2, 0) is 16.1 Å². The lowest BCUT2D eigenvalue weighted by atomic mass is 9.94. The topological polar surface area (TPSA) is 111 Å². The summed E-state index contributed by atoms with van der Waals surface area (Å²) in [6, 6.07) is 3.70. The molecule has 2 aromatic heterocycles. The van der Waals surface area contributed by atoms with Crippen molar-refractivity contribution in [2.24, 2.45) is 5.92 Å². The molecule has 0 bridgehead atoms. The lowest BCUT2D eigenvalue weighted by molar-refractivity contribution is -0.139. The smallest absolute Gasteiger partial charge is 0.260 e. The lowest BCUT2D eigenvalue weighted by Crippen LogP contribution is -2.54. The Hall–Kier alpha value is -3.96. The van der Waals surface area contributed by atoms with Crippen molar-refractivity contribution in [1.82, 2.24) is 24.3 Å². The van der Waals surface area contributed by atoms with Gasteiger partial charge in [-0.15, -0.1) is 0 Å². The van der Waals surface area contributed by atoms with E-state index in [1.807, 2.05) is 26.0 Å². The van der Waals surface area contributed by atoms with Crippen molar-refractivity contribution >= 4 is 22.9 Å². The summed E-state index contributed by atoms with van der Waals surface area (Å²) in [5, 5.41) is 4.17. The molecule has 0 atom stereocenters. The van der Waals surface area contributed by atoms with Crippen LogP contribution in [0.25, 0.3) is 22.2 Å². The number of amides is 1. The number of rotatable bonds is 12. The second-order valence-corrected chi connectivity index (χ2v) is 11.6. The van der Waals surface area contributed by atoms with Gasteiger partial charge in [0.1, 0.15) is 17.1 Å². The molecule has 2 aliphatic rings. The largest absolute Gasteiger partial charge is 0.496 e.